The van der Waals surface area contributed by atoms with E-state index >= 15 is 0 Å². The van der Waals surface area contributed by atoms with Gasteiger partial charge in [0.05, 0.1) is 0 Å². The van der Waals surface area contributed by atoms with E-state index in [0.717, 1.165) is 43.3 Å². The lowest BCUT2D eigenvalue weighted by Crippen LogP contribution is -2.36. The molecule has 9 nitrogen and oxygen atoms in total. The first-order chi connectivity index (χ1) is 16.8. The van der Waals surface area contributed by atoms with E-state index in [9.17, 15) is 4.79 Å². The van der Waals surface area contributed by atoms with Gasteiger partial charge in [-0.05, 0) is 49.8 Å². The molecule has 1 amide bonds. The predicted molar refractivity (Wildman–Crippen MR) is 141 cm³/mol. The molecular weight excluding hydrogens is 440 g/mol. The average molecular weight is 481 g/mol. The van der Waals surface area contributed by atoms with Crippen molar-refractivity contribution in [2.45, 2.75) is 71.4 Å². The molecule has 1 saturated heterocycles. The van der Waals surface area contributed by atoms with Crippen molar-refractivity contribution in [3.05, 3.63) is 29.3 Å². The predicted octanol–water partition coefficient (Wildman–Crippen LogP) is 3.93. The molecular formula is C26H40N8O. The number of rotatable bonds is 9. The van der Waals surface area contributed by atoms with Gasteiger partial charge in [-0.15, -0.1) is 0 Å². The summed E-state index contributed by atoms with van der Waals surface area (Å²) in [6.07, 6.45) is 7.80. The fourth-order valence-electron chi connectivity index (χ4n) is 5.18. The molecule has 1 aromatic carbocycles. The highest BCUT2D eigenvalue weighted by Crippen LogP contribution is 2.27. The number of nitrogens with one attached hydrogen (secondary N) is 2. The van der Waals surface area contributed by atoms with Crippen LogP contribution in [0, 0.1) is 12.8 Å². The number of aryl methyl sites for hydroxylation is 1. The maximum absolute atomic E-state index is 11.7. The van der Waals surface area contributed by atoms with E-state index in [-0.39, 0.29) is 0 Å². The van der Waals surface area contributed by atoms with Gasteiger partial charge in [-0.2, -0.15) is 15.0 Å². The van der Waals surface area contributed by atoms with E-state index in [0.29, 0.717) is 35.4 Å². The molecule has 9 heteroatoms. The molecule has 4 rings (SSSR count). The van der Waals surface area contributed by atoms with Crippen molar-refractivity contribution in [1.29, 1.82) is 0 Å². The molecule has 4 N–H and O–H groups in total. The van der Waals surface area contributed by atoms with E-state index in [1.165, 1.54) is 32.1 Å². The summed E-state index contributed by atoms with van der Waals surface area (Å²) in [4.78, 5) is 30.5. The zero-order valence-corrected chi connectivity index (χ0v) is 21.5. The van der Waals surface area contributed by atoms with Crippen LogP contribution in [0.15, 0.2) is 18.2 Å². The Morgan fingerprint density at radius 1 is 1.14 bits per heavy atom. The number of carbonyl (C=O) groups is 1. The number of nitrogens with two attached hydrogens (primary N) is 1. The molecule has 0 spiro atoms. The summed E-state index contributed by atoms with van der Waals surface area (Å²) < 4.78 is 0. The van der Waals surface area contributed by atoms with Crippen LogP contribution in [0.4, 0.5) is 23.5 Å². The Kier molecular flexibility index (Phi) is 8.05. The van der Waals surface area contributed by atoms with Crippen LogP contribution in [0.2, 0.25) is 0 Å². The van der Waals surface area contributed by atoms with Crippen LogP contribution in [0.25, 0.3) is 0 Å². The van der Waals surface area contributed by atoms with Crippen molar-refractivity contribution < 1.29 is 4.79 Å². The number of aromatic nitrogens is 3. The van der Waals surface area contributed by atoms with Crippen molar-refractivity contribution in [3.8, 4) is 0 Å². The van der Waals surface area contributed by atoms with E-state index < -0.39 is 5.91 Å². The maximum atomic E-state index is 11.7. The van der Waals surface area contributed by atoms with Gasteiger partial charge in [-0.3, -0.25) is 9.69 Å². The zero-order chi connectivity index (χ0) is 24.9. The minimum absolute atomic E-state index is 0.315. The number of carbonyl (C=O) groups excluding carboxylic acids is 1. The third kappa shape index (κ3) is 6.60. The van der Waals surface area contributed by atoms with Crippen molar-refractivity contribution in [3.63, 3.8) is 0 Å². The number of hydrogen-bond donors (Lipinski definition) is 3. The van der Waals surface area contributed by atoms with Crippen LogP contribution in [0.1, 0.15) is 68.3 Å². The molecule has 35 heavy (non-hydrogen) atoms. The second-order valence-electron chi connectivity index (χ2n) is 10.5. The number of likely N-dealkylation sites (tertiary alicyclic amines) is 1. The fraction of sp³-hybridized carbons (Fsp3) is 0.615. The molecule has 2 aliphatic rings. The number of hydrogen-bond acceptors (Lipinski definition) is 8. The SMILES string of the molecule is Cc1ccc(C(N)=O)cc1Nc1nc(N[C@@H]2CCN(C3CCCCC3)C2)nc(N(C)CC(C)C)n1. The maximum Gasteiger partial charge on any atom is 0.248 e. The number of benzene rings is 1. The number of primary amides is 1. The molecule has 0 bridgehead atoms. The quantitative estimate of drug-likeness (QED) is 0.495. The Labute approximate surface area is 208 Å². The second-order valence-corrected chi connectivity index (χ2v) is 10.5. The fourth-order valence-corrected chi connectivity index (χ4v) is 5.18. The Morgan fingerprint density at radius 3 is 2.60 bits per heavy atom. The molecule has 1 saturated carbocycles. The van der Waals surface area contributed by atoms with E-state index in [1.54, 1.807) is 12.1 Å². The normalized spacial score (nSPS) is 19.2. The Hall–Kier alpha value is -2.94. The van der Waals surface area contributed by atoms with Gasteiger partial charge in [0.15, 0.2) is 0 Å². The molecule has 2 aromatic rings. The van der Waals surface area contributed by atoms with Gasteiger partial charge in [0.25, 0.3) is 0 Å². The monoisotopic (exact) mass is 480 g/mol. The third-order valence-corrected chi connectivity index (χ3v) is 7.02. The highest BCUT2D eigenvalue weighted by molar-refractivity contribution is 5.94. The lowest BCUT2D eigenvalue weighted by atomic mass is 9.94. The van der Waals surface area contributed by atoms with Crippen LogP contribution in [-0.4, -0.2) is 64.5 Å². The molecule has 1 atom stereocenters. The summed E-state index contributed by atoms with van der Waals surface area (Å²) in [5, 5.41) is 6.88. The molecule has 1 aromatic heterocycles. The molecule has 1 aliphatic heterocycles. The molecule has 2 fully saturated rings. The lowest BCUT2D eigenvalue weighted by Gasteiger charge is -2.31. The summed E-state index contributed by atoms with van der Waals surface area (Å²) in [5.74, 6) is 1.64. The third-order valence-electron chi connectivity index (χ3n) is 7.02. The molecule has 2 heterocycles. The molecule has 190 valence electrons. The highest BCUT2D eigenvalue weighted by atomic mass is 16.1. The van der Waals surface area contributed by atoms with Gasteiger partial charge in [0.1, 0.15) is 0 Å². The van der Waals surface area contributed by atoms with Crippen LogP contribution in [0.5, 0.6) is 0 Å². The van der Waals surface area contributed by atoms with Gasteiger partial charge >= 0.3 is 0 Å². The Morgan fingerprint density at radius 2 is 1.89 bits per heavy atom. The largest absolute Gasteiger partial charge is 0.366 e. The average Bonchev–Trinajstić information content (AvgIpc) is 3.29. The molecule has 1 aliphatic carbocycles. The van der Waals surface area contributed by atoms with Crippen molar-refractivity contribution in [2.24, 2.45) is 11.7 Å². The Balaban J connectivity index is 1.54. The zero-order valence-electron chi connectivity index (χ0n) is 21.5. The minimum Gasteiger partial charge on any atom is -0.366 e. The summed E-state index contributed by atoms with van der Waals surface area (Å²) in [7, 11) is 2.00. The summed E-state index contributed by atoms with van der Waals surface area (Å²) in [5.41, 5.74) is 7.65. The van der Waals surface area contributed by atoms with Gasteiger partial charge in [-0.1, -0.05) is 39.2 Å². The molecule has 0 radical (unpaired) electrons. The van der Waals surface area contributed by atoms with Gasteiger partial charge in [0, 0.05) is 50.0 Å². The van der Waals surface area contributed by atoms with Crippen molar-refractivity contribution in [2.75, 3.05) is 42.2 Å². The summed E-state index contributed by atoms with van der Waals surface area (Å²) >= 11 is 0. The summed E-state index contributed by atoms with van der Waals surface area (Å²) in [6.45, 7) is 9.30. The first kappa shape index (κ1) is 25.2. The van der Waals surface area contributed by atoms with Crippen molar-refractivity contribution >= 4 is 29.4 Å². The summed E-state index contributed by atoms with van der Waals surface area (Å²) in [6, 6.07) is 6.37. The van der Waals surface area contributed by atoms with Crippen LogP contribution in [-0.2, 0) is 0 Å². The van der Waals surface area contributed by atoms with Crippen LogP contribution in [0.3, 0.4) is 0 Å². The van der Waals surface area contributed by atoms with E-state index in [4.69, 9.17) is 15.7 Å². The van der Waals surface area contributed by atoms with Gasteiger partial charge < -0.3 is 21.3 Å². The number of amides is 1. The van der Waals surface area contributed by atoms with E-state index in [1.807, 2.05) is 20.0 Å². The minimum atomic E-state index is -0.466. The van der Waals surface area contributed by atoms with Gasteiger partial charge in [-0.25, -0.2) is 0 Å². The standard InChI is InChI=1S/C26H40N8O/c1-17(2)15-33(4)26-31-24(28-20-12-13-34(16-20)21-8-6-5-7-9-21)30-25(32-26)29-22-14-19(23(27)35)11-10-18(22)3/h10-11,14,17,20-21H,5-9,12-13,15-16H2,1-4H3,(H2,27,35)(H2,28,29,30,31,32)/t20-/m1/s1. The topological polar surface area (TPSA) is 112 Å². The van der Waals surface area contributed by atoms with Crippen LogP contribution < -0.4 is 21.3 Å². The lowest BCUT2D eigenvalue weighted by molar-refractivity contribution is 0.100. The van der Waals surface area contributed by atoms with Gasteiger partial charge in [0.2, 0.25) is 23.8 Å². The number of nitrogens with zero attached hydrogens (tertiary/aromatic N) is 5. The Bertz CT molecular complexity index is 1020. The smallest absolute Gasteiger partial charge is 0.248 e. The van der Waals surface area contributed by atoms with Crippen molar-refractivity contribution in [1.82, 2.24) is 19.9 Å². The second kappa shape index (κ2) is 11.2. The first-order valence-electron chi connectivity index (χ1n) is 12.9. The van der Waals surface area contributed by atoms with E-state index in [2.05, 4.69) is 39.3 Å². The highest BCUT2D eigenvalue weighted by Gasteiger charge is 2.29. The number of anilines is 4. The molecule has 0 unspecified atom stereocenters. The first-order valence-corrected chi connectivity index (χ1v) is 12.9. The van der Waals surface area contributed by atoms with Crippen LogP contribution >= 0.6 is 0 Å².